The van der Waals surface area contributed by atoms with Gasteiger partial charge in [-0.3, -0.25) is 0 Å². The van der Waals surface area contributed by atoms with Crippen LogP contribution in [0.2, 0.25) is 0 Å². The highest BCUT2D eigenvalue weighted by atomic mass is 16.5. The van der Waals surface area contributed by atoms with E-state index in [0.29, 0.717) is 11.8 Å². The molecule has 0 N–H and O–H groups in total. The van der Waals surface area contributed by atoms with Gasteiger partial charge >= 0.3 is 0 Å². The predicted octanol–water partition coefficient (Wildman–Crippen LogP) is 10.7. The summed E-state index contributed by atoms with van der Waals surface area (Å²) in [6.45, 7) is 16.1. The molecule has 0 aliphatic carbocycles. The minimum absolute atomic E-state index is 0.398. The van der Waals surface area contributed by atoms with E-state index in [1.54, 1.807) is 14.2 Å². The minimum Gasteiger partial charge on any atom is -0.496 e. The number of rotatable bonds is 13. The molecule has 3 rings (SSSR count). The molecule has 0 saturated carbocycles. The lowest BCUT2D eigenvalue weighted by molar-refractivity contribution is 0.402. The first-order valence-corrected chi connectivity index (χ1v) is 14.9. The first kappa shape index (κ1) is 29.8. The average molecular weight is 515 g/mol. The second kappa shape index (κ2) is 13.9. The average Bonchev–Trinajstić information content (AvgIpc) is 2.95. The summed E-state index contributed by atoms with van der Waals surface area (Å²) in [5.41, 5.74) is 12.2. The molecule has 0 radical (unpaired) electrons. The molecule has 0 spiro atoms. The smallest absolute Gasteiger partial charge is 0.127 e. The van der Waals surface area contributed by atoms with E-state index < -0.39 is 0 Å². The molecule has 206 valence electrons. The third-order valence-corrected chi connectivity index (χ3v) is 8.37. The van der Waals surface area contributed by atoms with E-state index in [0.717, 1.165) is 49.2 Å². The summed E-state index contributed by atoms with van der Waals surface area (Å²) in [6.07, 6.45) is 7.95. The van der Waals surface area contributed by atoms with Crippen molar-refractivity contribution < 1.29 is 9.47 Å². The number of hydrogen-bond acceptors (Lipinski definition) is 2. The molecule has 0 saturated heterocycles. The van der Waals surface area contributed by atoms with E-state index in [1.165, 1.54) is 57.3 Å². The Labute approximate surface area is 232 Å². The van der Waals surface area contributed by atoms with Gasteiger partial charge in [0.15, 0.2) is 0 Å². The van der Waals surface area contributed by atoms with E-state index in [2.05, 4.69) is 84.9 Å². The monoisotopic (exact) mass is 514 g/mol. The molecule has 0 fully saturated rings. The van der Waals surface area contributed by atoms with Crippen LogP contribution in [0.15, 0.2) is 42.5 Å². The van der Waals surface area contributed by atoms with Crippen LogP contribution in [0.1, 0.15) is 113 Å². The Bertz CT molecular complexity index is 1190. The van der Waals surface area contributed by atoms with Crippen LogP contribution in [0.5, 0.6) is 11.5 Å². The fourth-order valence-corrected chi connectivity index (χ4v) is 5.76. The van der Waals surface area contributed by atoms with Crippen molar-refractivity contribution in [1.82, 2.24) is 0 Å². The summed E-state index contributed by atoms with van der Waals surface area (Å²) in [6, 6.07) is 16.1. The van der Waals surface area contributed by atoms with Gasteiger partial charge in [-0.1, -0.05) is 84.7 Å². The van der Waals surface area contributed by atoms with E-state index in [4.69, 9.17) is 9.47 Å². The molecule has 0 bridgehead atoms. The first-order valence-electron chi connectivity index (χ1n) is 14.9. The van der Waals surface area contributed by atoms with Gasteiger partial charge in [0.05, 0.1) is 14.2 Å². The summed E-state index contributed by atoms with van der Waals surface area (Å²) in [5.74, 6) is 2.70. The Morgan fingerprint density at radius 1 is 0.684 bits per heavy atom. The van der Waals surface area contributed by atoms with Crippen LogP contribution >= 0.6 is 0 Å². The zero-order valence-electron chi connectivity index (χ0n) is 25.5. The molecule has 2 heteroatoms. The standard InChI is InChI=1S/C36H50O2/c1-10-14-16-27-17-19-28(20-18-27)35-30(24(5)12-3)23-29(15-11-2)36(33(35)25(6)13-4)34-26(7)31(37-8)21-22-32(34)38-9/h17-25H,10-16H2,1-9H3. The van der Waals surface area contributed by atoms with Crippen LogP contribution in [0.4, 0.5) is 0 Å². The number of hydrogen-bond donors (Lipinski definition) is 0. The summed E-state index contributed by atoms with van der Waals surface area (Å²) in [4.78, 5) is 0. The Hall–Kier alpha value is -2.74. The molecule has 38 heavy (non-hydrogen) atoms. The lowest BCUT2D eigenvalue weighted by atomic mass is 9.75. The molecular formula is C36H50O2. The number of ether oxygens (including phenoxy) is 2. The number of unbranched alkanes of at least 4 members (excludes halogenated alkanes) is 1. The van der Waals surface area contributed by atoms with Gasteiger partial charge in [-0.25, -0.2) is 0 Å². The first-order chi connectivity index (χ1) is 18.4. The van der Waals surface area contributed by atoms with Gasteiger partial charge in [-0.15, -0.1) is 0 Å². The maximum absolute atomic E-state index is 6.02. The Kier molecular flexibility index (Phi) is 10.9. The van der Waals surface area contributed by atoms with Crippen molar-refractivity contribution in [2.45, 2.75) is 105 Å². The lowest BCUT2D eigenvalue weighted by Gasteiger charge is -2.30. The third kappa shape index (κ3) is 6.11. The van der Waals surface area contributed by atoms with Crippen molar-refractivity contribution in [3.63, 3.8) is 0 Å². The fourth-order valence-electron chi connectivity index (χ4n) is 5.76. The second-order valence-corrected chi connectivity index (χ2v) is 10.9. The van der Waals surface area contributed by atoms with Gasteiger partial charge in [0.2, 0.25) is 0 Å². The van der Waals surface area contributed by atoms with Crippen LogP contribution < -0.4 is 9.47 Å². The minimum atomic E-state index is 0.398. The van der Waals surface area contributed by atoms with Crippen LogP contribution in [-0.2, 0) is 12.8 Å². The van der Waals surface area contributed by atoms with Crippen molar-refractivity contribution in [2.75, 3.05) is 14.2 Å². The molecular weight excluding hydrogens is 464 g/mol. The van der Waals surface area contributed by atoms with Crippen molar-refractivity contribution >= 4 is 0 Å². The van der Waals surface area contributed by atoms with Crippen LogP contribution in [0, 0.1) is 6.92 Å². The van der Waals surface area contributed by atoms with Gasteiger partial charge in [0, 0.05) is 11.1 Å². The maximum Gasteiger partial charge on any atom is 0.127 e. The molecule has 0 amide bonds. The molecule has 0 heterocycles. The van der Waals surface area contributed by atoms with Crippen molar-refractivity contribution in [3.8, 4) is 33.8 Å². The van der Waals surface area contributed by atoms with Crippen LogP contribution in [-0.4, -0.2) is 14.2 Å². The second-order valence-electron chi connectivity index (χ2n) is 10.9. The number of aryl methyl sites for hydroxylation is 2. The summed E-state index contributed by atoms with van der Waals surface area (Å²) >= 11 is 0. The van der Waals surface area contributed by atoms with Gasteiger partial charge in [0.25, 0.3) is 0 Å². The van der Waals surface area contributed by atoms with E-state index in [9.17, 15) is 0 Å². The fraction of sp³-hybridized carbons (Fsp3) is 0.500. The van der Waals surface area contributed by atoms with Gasteiger partial charge in [0.1, 0.15) is 11.5 Å². The van der Waals surface area contributed by atoms with Crippen molar-refractivity contribution in [2.24, 2.45) is 0 Å². The molecule has 0 aromatic heterocycles. The Morgan fingerprint density at radius 3 is 1.87 bits per heavy atom. The van der Waals surface area contributed by atoms with E-state index >= 15 is 0 Å². The molecule has 2 unspecified atom stereocenters. The molecule has 2 atom stereocenters. The van der Waals surface area contributed by atoms with Gasteiger partial charge in [-0.05, 0) is 102 Å². The number of benzene rings is 3. The third-order valence-electron chi connectivity index (χ3n) is 8.37. The molecule has 0 aliphatic heterocycles. The summed E-state index contributed by atoms with van der Waals surface area (Å²) in [5, 5.41) is 0. The molecule has 3 aromatic carbocycles. The quantitative estimate of drug-likeness (QED) is 0.226. The van der Waals surface area contributed by atoms with Crippen LogP contribution in [0.3, 0.4) is 0 Å². The Balaban J connectivity index is 2.50. The normalized spacial score (nSPS) is 12.9. The number of methoxy groups -OCH3 is 2. The lowest BCUT2D eigenvalue weighted by Crippen LogP contribution is -2.10. The van der Waals surface area contributed by atoms with Gasteiger partial charge in [-0.2, -0.15) is 0 Å². The zero-order chi connectivity index (χ0) is 27.8. The van der Waals surface area contributed by atoms with Gasteiger partial charge < -0.3 is 9.47 Å². The summed E-state index contributed by atoms with van der Waals surface area (Å²) < 4.78 is 11.8. The topological polar surface area (TPSA) is 18.5 Å². The van der Waals surface area contributed by atoms with Crippen LogP contribution in [0.25, 0.3) is 22.3 Å². The van der Waals surface area contributed by atoms with Crippen molar-refractivity contribution in [3.05, 3.63) is 70.3 Å². The van der Waals surface area contributed by atoms with E-state index in [1.807, 2.05) is 6.07 Å². The molecule has 2 nitrogen and oxygen atoms in total. The maximum atomic E-state index is 6.02. The largest absolute Gasteiger partial charge is 0.496 e. The SMILES string of the molecule is CCCCc1ccc(-c2c(C(C)CC)cc(CCC)c(-c3c(OC)ccc(OC)c3C)c2C(C)CC)cc1. The molecule has 0 aliphatic rings. The highest BCUT2D eigenvalue weighted by molar-refractivity contribution is 5.88. The highest BCUT2D eigenvalue weighted by Crippen LogP contribution is 2.49. The van der Waals surface area contributed by atoms with E-state index in [-0.39, 0.29) is 0 Å². The zero-order valence-corrected chi connectivity index (χ0v) is 25.5. The molecule has 3 aromatic rings. The highest BCUT2D eigenvalue weighted by Gasteiger charge is 2.28. The predicted molar refractivity (Wildman–Crippen MR) is 165 cm³/mol. The summed E-state index contributed by atoms with van der Waals surface area (Å²) in [7, 11) is 3.55. The van der Waals surface area contributed by atoms with Crippen molar-refractivity contribution in [1.29, 1.82) is 0 Å². The Morgan fingerprint density at radius 2 is 1.32 bits per heavy atom.